The molecular formula is C15H16N4O3. The molecule has 1 aliphatic heterocycles. The second kappa shape index (κ2) is 6.97. The van der Waals surface area contributed by atoms with E-state index in [2.05, 4.69) is 20.8 Å². The number of hydrogen-bond donors (Lipinski definition) is 2. The van der Waals surface area contributed by atoms with Crippen LogP contribution in [0.5, 0.6) is 11.6 Å². The van der Waals surface area contributed by atoms with Crippen molar-refractivity contribution < 1.29 is 14.3 Å². The summed E-state index contributed by atoms with van der Waals surface area (Å²) in [6.45, 7) is 1.82. The van der Waals surface area contributed by atoms with E-state index in [1.165, 1.54) is 0 Å². The fourth-order valence-electron chi connectivity index (χ4n) is 2.06. The van der Waals surface area contributed by atoms with Crippen LogP contribution >= 0.6 is 0 Å². The van der Waals surface area contributed by atoms with Gasteiger partial charge in [0.05, 0.1) is 6.61 Å². The minimum Gasteiger partial charge on any atom is -0.437 e. The normalized spacial score (nSPS) is 17.7. The molecule has 7 heteroatoms. The van der Waals surface area contributed by atoms with E-state index in [-0.39, 0.29) is 5.91 Å². The molecule has 1 atom stereocenters. The summed E-state index contributed by atoms with van der Waals surface area (Å²) in [5.74, 6) is 0.788. The van der Waals surface area contributed by atoms with Crippen LogP contribution in [0.1, 0.15) is 0 Å². The Hall–Kier alpha value is -2.51. The van der Waals surface area contributed by atoms with Crippen molar-refractivity contribution in [2.45, 2.75) is 6.10 Å². The molecule has 22 heavy (non-hydrogen) atoms. The second-order valence-corrected chi connectivity index (χ2v) is 4.74. The van der Waals surface area contributed by atoms with Crippen LogP contribution < -0.4 is 15.4 Å². The first-order valence-electron chi connectivity index (χ1n) is 7.00. The molecule has 0 spiro atoms. The average Bonchev–Trinajstić information content (AvgIpc) is 2.57. The number of hydrogen-bond acceptors (Lipinski definition) is 6. The van der Waals surface area contributed by atoms with Gasteiger partial charge in [0.25, 0.3) is 5.91 Å². The van der Waals surface area contributed by atoms with Crippen molar-refractivity contribution >= 4 is 11.6 Å². The van der Waals surface area contributed by atoms with Crippen molar-refractivity contribution in [3.63, 3.8) is 0 Å². The third kappa shape index (κ3) is 3.78. The van der Waals surface area contributed by atoms with Crippen LogP contribution in [0.15, 0.2) is 42.6 Å². The summed E-state index contributed by atoms with van der Waals surface area (Å²) >= 11 is 0. The van der Waals surface area contributed by atoms with Crippen LogP contribution in [0, 0.1) is 0 Å². The monoisotopic (exact) mass is 300 g/mol. The Morgan fingerprint density at radius 3 is 3.09 bits per heavy atom. The average molecular weight is 300 g/mol. The SMILES string of the molecule is O=C(Nc1cccc(Oc2cccnn2)c1)C1CNCCO1. The van der Waals surface area contributed by atoms with Crippen molar-refractivity contribution in [1.29, 1.82) is 0 Å². The molecule has 114 valence electrons. The zero-order valence-corrected chi connectivity index (χ0v) is 11.9. The molecule has 1 amide bonds. The largest absolute Gasteiger partial charge is 0.437 e. The van der Waals surface area contributed by atoms with E-state index in [1.807, 2.05) is 0 Å². The third-order valence-corrected chi connectivity index (χ3v) is 3.09. The Bertz CT molecular complexity index is 630. The van der Waals surface area contributed by atoms with Gasteiger partial charge in [-0.3, -0.25) is 4.79 Å². The lowest BCUT2D eigenvalue weighted by Gasteiger charge is -2.22. The van der Waals surface area contributed by atoms with Gasteiger partial charge < -0.3 is 20.1 Å². The summed E-state index contributed by atoms with van der Waals surface area (Å²) in [4.78, 5) is 12.1. The van der Waals surface area contributed by atoms with Gasteiger partial charge in [-0.2, -0.15) is 5.10 Å². The van der Waals surface area contributed by atoms with Gasteiger partial charge in [0, 0.05) is 37.1 Å². The Kier molecular flexibility index (Phi) is 4.57. The Morgan fingerprint density at radius 1 is 1.36 bits per heavy atom. The number of benzene rings is 1. The zero-order chi connectivity index (χ0) is 15.2. The maximum absolute atomic E-state index is 12.1. The summed E-state index contributed by atoms with van der Waals surface area (Å²) in [5, 5.41) is 13.5. The topological polar surface area (TPSA) is 85.4 Å². The molecule has 2 heterocycles. The molecule has 1 aromatic carbocycles. The van der Waals surface area contributed by atoms with E-state index < -0.39 is 6.10 Å². The molecule has 1 saturated heterocycles. The smallest absolute Gasteiger partial charge is 0.254 e. The van der Waals surface area contributed by atoms with Gasteiger partial charge in [0.15, 0.2) is 0 Å². The van der Waals surface area contributed by atoms with Crippen LogP contribution in [-0.4, -0.2) is 41.9 Å². The zero-order valence-electron chi connectivity index (χ0n) is 11.9. The maximum Gasteiger partial charge on any atom is 0.254 e. The molecule has 1 unspecified atom stereocenters. The predicted octanol–water partition coefficient (Wildman–Crippen LogP) is 1.20. The minimum absolute atomic E-state index is 0.177. The molecule has 2 N–H and O–H groups in total. The Morgan fingerprint density at radius 2 is 2.32 bits per heavy atom. The maximum atomic E-state index is 12.1. The fourth-order valence-corrected chi connectivity index (χ4v) is 2.06. The summed E-state index contributed by atoms with van der Waals surface area (Å²) < 4.78 is 11.0. The molecule has 0 bridgehead atoms. The molecule has 1 aliphatic rings. The molecule has 3 rings (SSSR count). The van der Waals surface area contributed by atoms with Crippen molar-refractivity contribution in [2.75, 3.05) is 25.0 Å². The molecule has 2 aromatic rings. The number of nitrogens with one attached hydrogen (secondary N) is 2. The summed E-state index contributed by atoms with van der Waals surface area (Å²) in [6, 6.07) is 10.5. The summed E-state index contributed by atoms with van der Waals surface area (Å²) in [7, 11) is 0. The van der Waals surface area contributed by atoms with Gasteiger partial charge in [-0.25, -0.2) is 0 Å². The molecule has 0 radical (unpaired) electrons. The van der Waals surface area contributed by atoms with Crippen LogP contribution in [0.2, 0.25) is 0 Å². The van der Waals surface area contributed by atoms with Crippen molar-refractivity contribution in [3.05, 3.63) is 42.6 Å². The highest BCUT2D eigenvalue weighted by atomic mass is 16.5. The highest BCUT2D eigenvalue weighted by Crippen LogP contribution is 2.22. The quantitative estimate of drug-likeness (QED) is 0.882. The van der Waals surface area contributed by atoms with Crippen molar-refractivity contribution in [2.24, 2.45) is 0 Å². The highest BCUT2D eigenvalue weighted by Gasteiger charge is 2.21. The predicted molar refractivity (Wildman–Crippen MR) is 79.8 cm³/mol. The molecule has 1 aromatic heterocycles. The van der Waals surface area contributed by atoms with Crippen LogP contribution in [0.4, 0.5) is 5.69 Å². The number of carbonyl (C=O) groups excluding carboxylic acids is 1. The van der Waals surface area contributed by atoms with Crippen LogP contribution in [0.3, 0.4) is 0 Å². The number of rotatable bonds is 4. The van der Waals surface area contributed by atoms with Crippen molar-refractivity contribution in [3.8, 4) is 11.6 Å². The number of ether oxygens (including phenoxy) is 2. The minimum atomic E-state index is -0.474. The van der Waals surface area contributed by atoms with Crippen molar-refractivity contribution in [1.82, 2.24) is 15.5 Å². The number of anilines is 1. The fraction of sp³-hybridized carbons (Fsp3) is 0.267. The number of morpholine rings is 1. The van der Waals surface area contributed by atoms with E-state index in [1.54, 1.807) is 42.6 Å². The van der Waals surface area contributed by atoms with E-state index in [0.29, 0.717) is 30.5 Å². The van der Waals surface area contributed by atoms with Gasteiger partial charge >= 0.3 is 0 Å². The van der Waals surface area contributed by atoms with Gasteiger partial charge in [-0.05, 0) is 18.2 Å². The standard InChI is InChI=1S/C15H16N4O3/c20-15(13-10-16-7-8-21-13)18-11-3-1-4-12(9-11)22-14-5-2-6-17-19-14/h1-6,9,13,16H,7-8,10H2,(H,18,20). The van der Waals surface area contributed by atoms with Crippen LogP contribution in [0.25, 0.3) is 0 Å². The molecule has 0 aliphatic carbocycles. The molecule has 7 nitrogen and oxygen atoms in total. The van der Waals surface area contributed by atoms with E-state index in [4.69, 9.17) is 9.47 Å². The lowest BCUT2D eigenvalue weighted by molar-refractivity contribution is -0.128. The van der Waals surface area contributed by atoms with E-state index >= 15 is 0 Å². The first-order valence-corrected chi connectivity index (χ1v) is 7.00. The number of aromatic nitrogens is 2. The lowest BCUT2D eigenvalue weighted by Crippen LogP contribution is -2.45. The molecular weight excluding hydrogens is 284 g/mol. The second-order valence-electron chi connectivity index (χ2n) is 4.74. The summed E-state index contributed by atoms with van der Waals surface area (Å²) in [5.41, 5.74) is 0.639. The van der Waals surface area contributed by atoms with Gasteiger partial charge in [-0.1, -0.05) is 6.07 Å². The first-order chi connectivity index (χ1) is 10.8. The number of nitrogens with zero attached hydrogens (tertiary/aromatic N) is 2. The van der Waals surface area contributed by atoms with Gasteiger partial charge in [0.2, 0.25) is 5.88 Å². The summed E-state index contributed by atoms with van der Waals surface area (Å²) in [6.07, 6.45) is 1.10. The van der Waals surface area contributed by atoms with Gasteiger partial charge in [0.1, 0.15) is 11.9 Å². The van der Waals surface area contributed by atoms with E-state index in [0.717, 1.165) is 6.54 Å². The third-order valence-electron chi connectivity index (χ3n) is 3.09. The Labute approximate surface area is 127 Å². The lowest BCUT2D eigenvalue weighted by atomic mass is 10.2. The molecule has 1 fully saturated rings. The van der Waals surface area contributed by atoms with Crippen LogP contribution in [-0.2, 0) is 9.53 Å². The highest BCUT2D eigenvalue weighted by molar-refractivity contribution is 5.94. The Balaban J connectivity index is 1.64. The van der Waals surface area contributed by atoms with Gasteiger partial charge in [-0.15, -0.1) is 5.10 Å². The number of amides is 1. The van der Waals surface area contributed by atoms with E-state index in [9.17, 15) is 4.79 Å². The first kappa shape index (κ1) is 14.4. The number of carbonyl (C=O) groups is 1. The molecule has 0 saturated carbocycles.